The maximum Gasteiger partial charge on any atom is 0.338 e. The third-order valence-corrected chi connectivity index (χ3v) is 5.62. The van der Waals surface area contributed by atoms with Crippen molar-refractivity contribution in [3.63, 3.8) is 0 Å². The number of benzene rings is 3. The predicted octanol–water partition coefficient (Wildman–Crippen LogP) is 4.99. The van der Waals surface area contributed by atoms with Crippen LogP contribution < -0.4 is 30.6 Å². The zero-order valence-corrected chi connectivity index (χ0v) is 23.5. The topological polar surface area (TPSA) is 138 Å². The number of para-hydroxylation sites is 1. The largest absolute Gasteiger partial charge is 0.495 e. The highest BCUT2D eigenvalue weighted by atomic mass is 16.5. The van der Waals surface area contributed by atoms with Crippen molar-refractivity contribution in [2.75, 3.05) is 45.1 Å². The molecule has 0 atom stereocenters. The number of aryl methyl sites for hydroxylation is 1. The Morgan fingerprint density at radius 3 is 2.20 bits per heavy atom. The van der Waals surface area contributed by atoms with Crippen molar-refractivity contribution >= 4 is 29.2 Å². The minimum atomic E-state index is -0.448. The molecule has 0 heterocycles. The maximum atomic E-state index is 12.6. The third kappa shape index (κ3) is 9.32. The van der Waals surface area contributed by atoms with Crippen LogP contribution in [-0.2, 0) is 16.0 Å². The van der Waals surface area contributed by atoms with Crippen molar-refractivity contribution in [2.24, 2.45) is 5.73 Å². The van der Waals surface area contributed by atoms with Crippen LogP contribution in [-0.4, -0.2) is 52.3 Å². The number of hydrogen-bond acceptors (Lipinski definition) is 8. The molecular weight excluding hydrogens is 514 g/mol. The molecule has 0 aliphatic rings. The van der Waals surface area contributed by atoms with Gasteiger partial charge in [0.1, 0.15) is 11.5 Å². The van der Waals surface area contributed by atoms with Gasteiger partial charge in [-0.2, -0.15) is 0 Å². The number of amides is 2. The van der Waals surface area contributed by atoms with E-state index in [2.05, 4.69) is 16.4 Å². The van der Waals surface area contributed by atoms with E-state index in [1.807, 2.05) is 31.2 Å². The maximum absolute atomic E-state index is 12.6. The number of esters is 1. The van der Waals surface area contributed by atoms with E-state index < -0.39 is 12.0 Å². The lowest BCUT2D eigenvalue weighted by atomic mass is 10.1. The Labute approximate surface area is 234 Å². The molecule has 0 aliphatic heterocycles. The van der Waals surface area contributed by atoms with Crippen LogP contribution >= 0.6 is 0 Å². The van der Waals surface area contributed by atoms with Crippen molar-refractivity contribution in [1.82, 2.24) is 0 Å². The Hall–Kier alpha value is -4.57. The summed E-state index contributed by atoms with van der Waals surface area (Å²) < 4.78 is 21.4. The molecule has 0 aliphatic carbocycles. The summed E-state index contributed by atoms with van der Waals surface area (Å²) in [5.41, 5.74) is 7.73. The second-order valence-corrected chi connectivity index (χ2v) is 8.33. The molecule has 0 aromatic heterocycles. The van der Waals surface area contributed by atoms with Gasteiger partial charge in [-0.15, -0.1) is 0 Å². The molecule has 0 bridgehead atoms. The van der Waals surface area contributed by atoms with Gasteiger partial charge in [0.05, 0.1) is 38.7 Å². The second kappa shape index (κ2) is 16.4. The first-order valence-electron chi connectivity index (χ1n) is 12.7. The number of hydrogen-bond donors (Lipinski definition) is 3. The van der Waals surface area contributed by atoms with Gasteiger partial charge >= 0.3 is 12.0 Å². The molecule has 0 saturated heterocycles. The summed E-state index contributed by atoms with van der Waals surface area (Å²) in [5, 5.41) is 5.59. The van der Waals surface area contributed by atoms with Crippen LogP contribution in [0.5, 0.6) is 17.2 Å². The zero-order chi connectivity index (χ0) is 29.5. The standard InChI is InChI=1S/C29H32N2O7.CH5N/c1-5-37-28(33)21-11-13-25(27(18-21)36-4)38-15-14-22(32)16-20-10-12-24(26(17-20)35-3)31-29(34)30-23-9-7-6-8-19(23)2;1-2/h6-13,17-18H,5,14-16H2,1-4H3,(H2,30,31,34);2H2,1H3. The number of ketones is 1. The van der Waals surface area contributed by atoms with Gasteiger partial charge in [-0.1, -0.05) is 24.3 Å². The van der Waals surface area contributed by atoms with Gasteiger partial charge in [-0.05, 0) is 68.4 Å². The normalized spacial score (nSPS) is 9.95. The Morgan fingerprint density at radius 2 is 1.52 bits per heavy atom. The van der Waals surface area contributed by atoms with Crippen LogP contribution in [0, 0.1) is 6.92 Å². The van der Waals surface area contributed by atoms with Gasteiger partial charge in [0.25, 0.3) is 0 Å². The highest BCUT2D eigenvalue weighted by Gasteiger charge is 2.14. The number of rotatable bonds is 12. The summed E-state index contributed by atoms with van der Waals surface area (Å²) in [5.74, 6) is 0.762. The van der Waals surface area contributed by atoms with Crippen molar-refractivity contribution in [3.8, 4) is 17.2 Å². The fraction of sp³-hybridized carbons (Fsp3) is 0.300. The van der Waals surface area contributed by atoms with E-state index in [9.17, 15) is 14.4 Å². The molecule has 0 radical (unpaired) electrons. The van der Waals surface area contributed by atoms with Gasteiger partial charge < -0.3 is 35.3 Å². The van der Waals surface area contributed by atoms with Gasteiger partial charge in [0.15, 0.2) is 11.5 Å². The molecule has 0 saturated carbocycles. The van der Waals surface area contributed by atoms with E-state index in [1.165, 1.54) is 27.3 Å². The monoisotopic (exact) mass is 551 g/mol. The summed E-state index contributed by atoms with van der Waals surface area (Å²) in [6.45, 7) is 4.06. The first kappa shape index (κ1) is 31.6. The zero-order valence-electron chi connectivity index (χ0n) is 23.5. The number of ether oxygens (including phenoxy) is 4. The van der Waals surface area contributed by atoms with E-state index in [-0.39, 0.29) is 31.8 Å². The lowest BCUT2D eigenvalue weighted by Crippen LogP contribution is -2.20. The summed E-state index contributed by atoms with van der Waals surface area (Å²) in [4.78, 5) is 36.9. The minimum Gasteiger partial charge on any atom is -0.495 e. The Bertz CT molecular complexity index is 1290. The number of urea groups is 1. The Balaban J connectivity index is 0.00000274. The molecule has 0 spiro atoms. The fourth-order valence-corrected chi connectivity index (χ4v) is 3.66. The number of anilines is 2. The highest BCUT2D eigenvalue weighted by molar-refractivity contribution is 6.01. The lowest BCUT2D eigenvalue weighted by molar-refractivity contribution is -0.118. The van der Waals surface area contributed by atoms with Crippen LogP contribution in [0.2, 0.25) is 0 Å². The van der Waals surface area contributed by atoms with Crippen LogP contribution in [0.25, 0.3) is 0 Å². The first-order valence-corrected chi connectivity index (χ1v) is 12.7. The van der Waals surface area contributed by atoms with Crippen molar-refractivity contribution in [2.45, 2.75) is 26.7 Å². The van der Waals surface area contributed by atoms with Gasteiger partial charge in [-0.3, -0.25) is 4.79 Å². The molecular formula is C30H37N3O7. The highest BCUT2D eigenvalue weighted by Crippen LogP contribution is 2.29. The summed E-state index contributed by atoms with van der Waals surface area (Å²) >= 11 is 0. The molecule has 0 unspecified atom stereocenters. The van der Waals surface area contributed by atoms with E-state index in [0.29, 0.717) is 34.2 Å². The quantitative estimate of drug-likeness (QED) is 0.268. The molecule has 10 heteroatoms. The minimum absolute atomic E-state index is 0.0350. The van der Waals surface area contributed by atoms with Crippen molar-refractivity contribution < 1.29 is 33.3 Å². The van der Waals surface area contributed by atoms with Gasteiger partial charge in [0.2, 0.25) is 0 Å². The molecule has 2 amide bonds. The first-order chi connectivity index (χ1) is 19.3. The molecule has 3 aromatic carbocycles. The van der Waals surface area contributed by atoms with Crippen LogP contribution in [0.4, 0.5) is 16.2 Å². The summed E-state index contributed by atoms with van der Waals surface area (Å²) in [6.07, 6.45) is 0.346. The number of nitrogens with two attached hydrogens (primary N) is 1. The molecule has 40 heavy (non-hydrogen) atoms. The average Bonchev–Trinajstić information content (AvgIpc) is 2.96. The second-order valence-electron chi connectivity index (χ2n) is 8.33. The number of carbonyl (C=O) groups is 3. The third-order valence-electron chi connectivity index (χ3n) is 5.62. The molecule has 4 N–H and O–H groups in total. The van der Waals surface area contributed by atoms with Crippen molar-refractivity contribution in [1.29, 1.82) is 0 Å². The molecule has 3 rings (SSSR count). The Kier molecular flexibility index (Phi) is 13.0. The van der Waals surface area contributed by atoms with Gasteiger partial charge in [0, 0.05) is 18.5 Å². The lowest BCUT2D eigenvalue weighted by Gasteiger charge is -2.14. The van der Waals surface area contributed by atoms with Crippen molar-refractivity contribution in [3.05, 3.63) is 77.4 Å². The number of carbonyl (C=O) groups excluding carboxylic acids is 3. The average molecular weight is 552 g/mol. The fourth-order valence-electron chi connectivity index (χ4n) is 3.66. The number of Topliss-reactive ketones (excluding diaryl/α,β-unsaturated/α-hetero) is 1. The molecule has 0 fully saturated rings. The molecule has 10 nitrogen and oxygen atoms in total. The Morgan fingerprint density at radius 1 is 0.825 bits per heavy atom. The molecule has 214 valence electrons. The summed E-state index contributed by atoms with van der Waals surface area (Å²) in [6, 6.07) is 17.0. The van der Waals surface area contributed by atoms with E-state index in [0.717, 1.165) is 11.1 Å². The van der Waals surface area contributed by atoms with E-state index >= 15 is 0 Å². The smallest absolute Gasteiger partial charge is 0.338 e. The number of nitrogens with one attached hydrogen (secondary N) is 2. The molecule has 3 aromatic rings. The van der Waals surface area contributed by atoms with Gasteiger partial charge in [-0.25, -0.2) is 9.59 Å². The van der Waals surface area contributed by atoms with Crippen LogP contribution in [0.15, 0.2) is 60.7 Å². The number of methoxy groups -OCH3 is 2. The van der Waals surface area contributed by atoms with Crippen LogP contribution in [0.3, 0.4) is 0 Å². The van der Waals surface area contributed by atoms with Crippen LogP contribution in [0.1, 0.15) is 34.8 Å². The van der Waals surface area contributed by atoms with E-state index in [4.69, 9.17) is 18.9 Å². The van der Waals surface area contributed by atoms with E-state index in [1.54, 1.807) is 37.3 Å². The predicted molar refractivity (Wildman–Crippen MR) is 155 cm³/mol. The summed E-state index contributed by atoms with van der Waals surface area (Å²) in [7, 11) is 4.47. The SMILES string of the molecule is CCOC(=O)c1ccc(OCCC(=O)Cc2ccc(NC(=O)Nc3ccccc3C)c(OC)c2)c(OC)c1.CN.